The summed E-state index contributed by atoms with van der Waals surface area (Å²) < 4.78 is 5.85. The summed E-state index contributed by atoms with van der Waals surface area (Å²) in [5.74, 6) is 1.70. The van der Waals surface area contributed by atoms with Crippen LogP contribution in [0.1, 0.15) is 68.7 Å². The Bertz CT molecular complexity index is 428. The lowest BCUT2D eigenvalue weighted by atomic mass is 9.78. The third-order valence-electron chi connectivity index (χ3n) is 4.14. The van der Waals surface area contributed by atoms with Gasteiger partial charge >= 0.3 is 0 Å². The molecule has 2 unspecified atom stereocenters. The molecule has 0 amide bonds. The van der Waals surface area contributed by atoms with Gasteiger partial charge in [0.1, 0.15) is 5.75 Å². The molecular weight excluding hydrogens is 234 g/mol. The van der Waals surface area contributed by atoms with Gasteiger partial charge in [-0.3, -0.25) is 0 Å². The van der Waals surface area contributed by atoms with Gasteiger partial charge < -0.3 is 10.1 Å². The van der Waals surface area contributed by atoms with E-state index in [2.05, 4.69) is 45.1 Å². The molecule has 2 rings (SSSR count). The highest BCUT2D eigenvalue weighted by molar-refractivity contribution is 5.49. The molecule has 0 saturated heterocycles. The lowest BCUT2D eigenvalue weighted by molar-refractivity contribution is 0.326. The maximum absolute atomic E-state index is 5.85. The average Bonchev–Trinajstić information content (AvgIpc) is 2.41. The summed E-state index contributed by atoms with van der Waals surface area (Å²) in [5, 5.41) is 3.70. The molecule has 0 aliphatic heterocycles. The fourth-order valence-electron chi connectivity index (χ4n) is 3.21. The molecule has 106 valence electrons. The van der Waals surface area contributed by atoms with Crippen LogP contribution < -0.4 is 10.1 Å². The second-order valence-electron chi connectivity index (χ2n) is 5.63. The normalized spacial score (nSPS) is 22.1. The SMILES string of the molecule is CCCNC1CCC(C)c2c(OCC)ccc(C)c21. The highest BCUT2D eigenvalue weighted by atomic mass is 16.5. The van der Waals surface area contributed by atoms with E-state index in [4.69, 9.17) is 4.74 Å². The predicted molar refractivity (Wildman–Crippen MR) is 81.0 cm³/mol. The summed E-state index contributed by atoms with van der Waals surface area (Å²) in [5.41, 5.74) is 4.35. The topological polar surface area (TPSA) is 21.3 Å². The first-order chi connectivity index (χ1) is 9.19. The number of hydrogen-bond donors (Lipinski definition) is 1. The van der Waals surface area contributed by atoms with Crippen LogP contribution in [0.2, 0.25) is 0 Å². The van der Waals surface area contributed by atoms with E-state index in [9.17, 15) is 0 Å². The summed E-state index contributed by atoms with van der Waals surface area (Å²) >= 11 is 0. The molecule has 1 aliphatic rings. The molecule has 0 bridgehead atoms. The van der Waals surface area contributed by atoms with Gasteiger partial charge in [-0.25, -0.2) is 0 Å². The highest BCUT2D eigenvalue weighted by Gasteiger charge is 2.28. The third-order valence-corrected chi connectivity index (χ3v) is 4.14. The van der Waals surface area contributed by atoms with Crippen molar-refractivity contribution in [2.45, 2.75) is 58.9 Å². The quantitative estimate of drug-likeness (QED) is 0.851. The summed E-state index contributed by atoms with van der Waals surface area (Å²) in [6, 6.07) is 4.87. The number of fused-ring (bicyclic) bond motifs is 1. The van der Waals surface area contributed by atoms with Crippen LogP contribution in [0.5, 0.6) is 5.75 Å². The Labute approximate surface area is 117 Å². The molecule has 2 atom stereocenters. The first kappa shape index (κ1) is 14.4. The monoisotopic (exact) mass is 261 g/mol. The average molecular weight is 261 g/mol. The van der Waals surface area contributed by atoms with E-state index in [1.807, 2.05) is 0 Å². The van der Waals surface area contributed by atoms with Crippen LogP contribution in [0.15, 0.2) is 12.1 Å². The van der Waals surface area contributed by atoms with Gasteiger partial charge in [0.25, 0.3) is 0 Å². The number of ether oxygens (including phenoxy) is 1. The Kier molecular flexibility index (Phi) is 4.87. The van der Waals surface area contributed by atoms with Crippen LogP contribution in [0.4, 0.5) is 0 Å². The Balaban J connectivity index is 2.41. The number of benzene rings is 1. The molecule has 1 aromatic rings. The molecule has 1 aromatic carbocycles. The predicted octanol–water partition coefficient (Wildman–Crippen LogP) is 4.33. The molecule has 0 fully saturated rings. The summed E-state index contributed by atoms with van der Waals surface area (Å²) in [6.07, 6.45) is 3.67. The van der Waals surface area contributed by atoms with Crippen molar-refractivity contribution in [2.75, 3.05) is 13.2 Å². The maximum Gasteiger partial charge on any atom is 0.123 e. The van der Waals surface area contributed by atoms with Gasteiger partial charge in [0.2, 0.25) is 0 Å². The van der Waals surface area contributed by atoms with Crippen LogP contribution in [-0.2, 0) is 0 Å². The van der Waals surface area contributed by atoms with Crippen molar-refractivity contribution in [2.24, 2.45) is 0 Å². The summed E-state index contributed by atoms with van der Waals surface area (Å²) in [6.45, 7) is 10.7. The molecule has 0 saturated carbocycles. The molecule has 0 radical (unpaired) electrons. The van der Waals surface area contributed by atoms with E-state index in [-0.39, 0.29) is 0 Å². The van der Waals surface area contributed by atoms with Gasteiger partial charge in [-0.05, 0) is 62.8 Å². The standard InChI is InChI=1S/C17H27NO/c1-5-11-18-14-9-7-13(4)17-15(19-6-2)10-8-12(3)16(14)17/h8,10,13-14,18H,5-7,9,11H2,1-4H3. The largest absolute Gasteiger partial charge is 0.494 e. The second-order valence-corrected chi connectivity index (χ2v) is 5.63. The number of nitrogens with one attached hydrogen (secondary N) is 1. The lowest BCUT2D eigenvalue weighted by Gasteiger charge is -2.33. The Morgan fingerprint density at radius 1 is 1.21 bits per heavy atom. The van der Waals surface area contributed by atoms with Crippen molar-refractivity contribution in [3.05, 3.63) is 28.8 Å². The van der Waals surface area contributed by atoms with Crippen LogP contribution in [0.25, 0.3) is 0 Å². The molecule has 2 heteroatoms. The van der Waals surface area contributed by atoms with Gasteiger partial charge in [-0.2, -0.15) is 0 Å². The minimum Gasteiger partial charge on any atom is -0.494 e. The first-order valence-electron chi connectivity index (χ1n) is 7.68. The third kappa shape index (κ3) is 2.94. The van der Waals surface area contributed by atoms with E-state index >= 15 is 0 Å². The molecule has 1 N–H and O–H groups in total. The van der Waals surface area contributed by atoms with Gasteiger partial charge in [0.05, 0.1) is 6.61 Å². The number of hydrogen-bond acceptors (Lipinski definition) is 2. The van der Waals surface area contributed by atoms with Crippen molar-refractivity contribution in [3.63, 3.8) is 0 Å². The maximum atomic E-state index is 5.85. The molecule has 1 aliphatic carbocycles. The summed E-state index contributed by atoms with van der Waals surface area (Å²) in [7, 11) is 0. The second kappa shape index (κ2) is 6.42. The smallest absolute Gasteiger partial charge is 0.123 e. The molecule has 2 nitrogen and oxygen atoms in total. The zero-order chi connectivity index (χ0) is 13.8. The minimum absolute atomic E-state index is 0.506. The molecule has 0 heterocycles. The lowest BCUT2D eigenvalue weighted by Crippen LogP contribution is -2.28. The highest BCUT2D eigenvalue weighted by Crippen LogP contribution is 2.43. The van der Waals surface area contributed by atoms with Gasteiger partial charge in [-0.15, -0.1) is 0 Å². The van der Waals surface area contributed by atoms with Crippen molar-refractivity contribution >= 4 is 0 Å². The molecule has 19 heavy (non-hydrogen) atoms. The molecule has 0 aromatic heterocycles. The van der Waals surface area contributed by atoms with E-state index in [1.54, 1.807) is 0 Å². The van der Waals surface area contributed by atoms with Crippen LogP contribution in [-0.4, -0.2) is 13.2 Å². The van der Waals surface area contributed by atoms with E-state index in [0.717, 1.165) is 18.9 Å². The van der Waals surface area contributed by atoms with Crippen molar-refractivity contribution < 1.29 is 4.74 Å². The Morgan fingerprint density at radius 3 is 2.68 bits per heavy atom. The van der Waals surface area contributed by atoms with Crippen LogP contribution in [0, 0.1) is 6.92 Å². The Morgan fingerprint density at radius 2 is 2.00 bits per heavy atom. The summed E-state index contributed by atoms with van der Waals surface area (Å²) in [4.78, 5) is 0. The van der Waals surface area contributed by atoms with Crippen molar-refractivity contribution in [1.29, 1.82) is 0 Å². The zero-order valence-electron chi connectivity index (χ0n) is 12.8. The zero-order valence-corrected chi connectivity index (χ0v) is 12.8. The molecular formula is C17H27NO. The van der Waals surface area contributed by atoms with Crippen LogP contribution >= 0.6 is 0 Å². The minimum atomic E-state index is 0.506. The van der Waals surface area contributed by atoms with Gasteiger partial charge in [0, 0.05) is 11.6 Å². The first-order valence-corrected chi connectivity index (χ1v) is 7.68. The van der Waals surface area contributed by atoms with E-state index in [1.165, 1.54) is 36.0 Å². The fraction of sp³-hybridized carbons (Fsp3) is 0.647. The van der Waals surface area contributed by atoms with Crippen LogP contribution in [0.3, 0.4) is 0 Å². The van der Waals surface area contributed by atoms with Gasteiger partial charge in [0.15, 0.2) is 0 Å². The Hall–Kier alpha value is -1.02. The fourth-order valence-corrected chi connectivity index (χ4v) is 3.21. The van der Waals surface area contributed by atoms with Gasteiger partial charge in [-0.1, -0.05) is 19.9 Å². The van der Waals surface area contributed by atoms with Crippen molar-refractivity contribution in [1.82, 2.24) is 5.32 Å². The van der Waals surface area contributed by atoms with Crippen molar-refractivity contribution in [3.8, 4) is 5.75 Å². The number of aryl methyl sites for hydroxylation is 1. The van der Waals surface area contributed by atoms with E-state index < -0.39 is 0 Å². The van der Waals surface area contributed by atoms with E-state index in [0.29, 0.717) is 12.0 Å². The molecule has 0 spiro atoms. The number of rotatable bonds is 5.